The number of rotatable bonds is 5. The van der Waals surface area contributed by atoms with Crippen LogP contribution in [0, 0.1) is 5.92 Å². The highest BCUT2D eigenvalue weighted by Crippen LogP contribution is 2.47. The maximum Gasteiger partial charge on any atom is 0.270 e. The van der Waals surface area contributed by atoms with Gasteiger partial charge in [-0.3, -0.25) is 4.79 Å². The van der Waals surface area contributed by atoms with Crippen LogP contribution in [0.1, 0.15) is 75.7 Å². The molecule has 0 bridgehead atoms. The maximum atomic E-state index is 13.0. The summed E-state index contributed by atoms with van der Waals surface area (Å²) < 4.78 is 2.24. The molecule has 2 saturated carbocycles. The SMILES string of the molecule is CC(C)C1(n2c(C(=O)N(C)C)cc3cnc(NC4CCCCC4)nc32)CCC1. The lowest BCUT2D eigenvalue weighted by molar-refractivity contribution is 0.0679. The van der Waals surface area contributed by atoms with Gasteiger partial charge in [0.15, 0.2) is 0 Å². The number of fused-ring (bicyclic) bond motifs is 1. The summed E-state index contributed by atoms with van der Waals surface area (Å²) in [5.41, 5.74) is 1.60. The van der Waals surface area contributed by atoms with E-state index in [1.807, 2.05) is 26.4 Å². The second kappa shape index (κ2) is 7.37. The standard InChI is InChI=1S/C22H33N5O/c1-15(2)22(11-8-12-22)27-18(20(28)26(3)4)13-16-14-23-21(25-19(16)27)24-17-9-6-5-7-10-17/h13-15,17H,5-12H2,1-4H3,(H,23,24,25). The molecule has 1 amide bonds. The van der Waals surface area contributed by atoms with Gasteiger partial charge in [0.05, 0.1) is 0 Å². The molecule has 0 spiro atoms. The van der Waals surface area contributed by atoms with E-state index in [1.165, 1.54) is 38.5 Å². The summed E-state index contributed by atoms with van der Waals surface area (Å²) in [6.07, 6.45) is 11.5. The fourth-order valence-corrected chi connectivity index (χ4v) is 4.92. The topological polar surface area (TPSA) is 63.1 Å². The second-order valence-corrected chi connectivity index (χ2v) is 9.13. The van der Waals surface area contributed by atoms with Crippen LogP contribution in [0.15, 0.2) is 12.3 Å². The van der Waals surface area contributed by atoms with Crippen LogP contribution in [-0.4, -0.2) is 45.5 Å². The number of hydrogen-bond acceptors (Lipinski definition) is 4. The number of amides is 1. The van der Waals surface area contributed by atoms with E-state index in [9.17, 15) is 4.79 Å². The third-order valence-corrected chi connectivity index (χ3v) is 6.84. The fraction of sp³-hybridized carbons (Fsp3) is 0.682. The minimum absolute atomic E-state index is 0.0286. The quantitative estimate of drug-likeness (QED) is 0.830. The summed E-state index contributed by atoms with van der Waals surface area (Å²) in [4.78, 5) is 24.1. The van der Waals surface area contributed by atoms with Crippen molar-refractivity contribution in [2.45, 2.75) is 76.8 Å². The van der Waals surface area contributed by atoms with E-state index in [4.69, 9.17) is 4.98 Å². The van der Waals surface area contributed by atoms with Crippen LogP contribution < -0.4 is 5.32 Å². The minimum Gasteiger partial charge on any atom is -0.351 e. The summed E-state index contributed by atoms with van der Waals surface area (Å²) in [6.45, 7) is 4.52. The Morgan fingerprint density at radius 3 is 2.50 bits per heavy atom. The van der Waals surface area contributed by atoms with E-state index in [2.05, 4.69) is 28.7 Å². The summed E-state index contributed by atoms with van der Waals surface area (Å²) in [7, 11) is 3.63. The molecular formula is C22H33N5O. The monoisotopic (exact) mass is 383 g/mol. The fourth-order valence-electron chi connectivity index (χ4n) is 4.92. The van der Waals surface area contributed by atoms with Gasteiger partial charge in [0.2, 0.25) is 5.95 Å². The lowest BCUT2D eigenvalue weighted by Gasteiger charge is -2.48. The first-order chi connectivity index (χ1) is 13.4. The highest BCUT2D eigenvalue weighted by atomic mass is 16.2. The molecule has 152 valence electrons. The molecule has 1 N–H and O–H groups in total. The third kappa shape index (κ3) is 3.16. The number of nitrogens with zero attached hydrogens (tertiary/aromatic N) is 4. The largest absolute Gasteiger partial charge is 0.351 e. The maximum absolute atomic E-state index is 13.0. The van der Waals surface area contributed by atoms with Gasteiger partial charge in [-0.15, -0.1) is 0 Å². The molecule has 0 aliphatic heterocycles. The van der Waals surface area contributed by atoms with Gasteiger partial charge in [0.1, 0.15) is 11.3 Å². The lowest BCUT2D eigenvalue weighted by atomic mass is 9.69. The van der Waals surface area contributed by atoms with Gasteiger partial charge in [-0.25, -0.2) is 4.98 Å². The first-order valence-electron chi connectivity index (χ1n) is 10.8. The Hall–Kier alpha value is -2.11. The Morgan fingerprint density at radius 2 is 1.93 bits per heavy atom. The normalized spacial score (nSPS) is 19.6. The molecule has 0 aromatic carbocycles. The predicted octanol–water partition coefficient (Wildman–Crippen LogP) is 4.41. The first kappa shape index (κ1) is 19.2. The van der Waals surface area contributed by atoms with E-state index in [0.717, 1.165) is 29.6 Å². The Balaban J connectivity index is 1.80. The molecule has 0 atom stereocenters. The van der Waals surface area contributed by atoms with Gasteiger partial charge in [-0.1, -0.05) is 33.1 Å². The lowest BCUT2D eigenvalue weighted by Crippen LogP contribution is -2.47. The summed E-state index contributed by atoms with van der Waals surface area (Å²) in [6, 6.07) is 2.44. The van der Waals surface area contributed by atoms with Crippen molar-refractivity contribution < 1.29 is 4.79 Å². The minimum atomic E-state index is -0.0286. The van der Waals surface area contributed by atoms with Crippen LogP contribution in [0.2, 0.25) is 0 Å². The van der Waals surface area contributed by atoms with Gasteiger partial charge >= 0.3 is 0 Å². The van der Waals surface area contributed by atoms with Gasteiger partial charge in [0, 0.05) is 37.3 Å². The van der Waals surface area contributed by atoms with E-state index in [-0.39, 0.29) is 11.4 Å². The van der Waals surface area contributed by atoms with Crippen LogP contribution in [0.3, 0.4) is 0 Å². The molecule has 4 rings (SSSR count). The zero-order valence-electron chi connectivity index (χ0n) is 17.7. The highest BCUT2D eigenvalue weighted by Gasteiger charge is 2.44. The van der Waals surface area contributed by atoms with Crippen molar-refractivity contribution in [2.75, 3.05) is 19.4 Å². The predicted molar refractivity (Wildman–Crippen MR) is 113 cm³/mol. The molecule has 2 aromatic heterocycles. The molecule has 2 aliphatic rings. The number of aromatic nitrogens is 3. The molecule has 0 saturated heterocycles. The number of nitrogens with one attached hydrogen (secondary N) is 1. The first-order valence-corrected chi connectivity index (χ1v) is 10.8. The molecular weight excluding hydrogens is 350 g/mol. The summed E-state index contributed by atoms with van der Waals surface area (Å²) in [5.74, 6) is 1.17. The van der Waals surface area contributed by atoms with E-state index in [0.29, 0.717) is 17.9 Å². The number of carbonyl (C=O) groups excluding carboxylic acids is 1. The Morgan fingerprint density at radius 1 is 1.21 bits per heavy atom. The smallest absolute Gasteiger partial charge is 0.270 e. The molecule has 2 fully saturated rings. The second-order valence-electron chi connectivity index (χ2n) is 9.13. The third-order valence-electron chi connectivity index (χ3n) is 6.84. The molecule has 28 heavy (non-hydrogen) atoms. The zero-order chi connectivity index (χ0) is 19.9. The molecule has 2 aliphatic carbocycles. The van der Waals surface area contributed by atoms with Crippen molar-refractivity contribution in [2.24, 2.45) is 5.92 Å². The van der Waals surface area contributed by atoms with Crippen molar-refractivity contribution in [3.05, 3.63) is 18.0 Å². The average molecular weight is 384 g/mol. The molecule has 0 radical (unpaired) electrons. The van der Waals surface area contributed by atoms with Crippen molar-refractivity contribution in [1.82, 2.24) is 19.4 Å². The van der Waals surface area contributed by atoms with Gasteiger partial charge in [-0.05, 0) is 44.1 Å². The van der Waals surface area contributed by atoms with Crippen LogP contribution in [-0.2, 0) is 5.54 Å². The van der Waals surface area contributed by atoms with Crippen LogP contribution in [0.4, 0.5) is 5.95 Å². The van der Waals surface area contributed by atoms with Crippen molar-refractivity contribution in [3.63, 3.8) is 0 Å². The molecule has 2 aromatic rings. The Labute approximate surface area is 167 Å². The Kier molecular flexibility index (Phi) is 5.06. The van der Waals surface area contributed by atoms with Crippen molar-refractivity contribution >= 4 is 22.9 Å². The average Bonchev–Trinajstić information content (AvgIpc) is 3.00. The van der Waals surface area contributed by atoms with E-state index < -0.39 is 0 Å². The van der Waals surface area contributed by atoms with Crippen LogP contribution in [0.25, 0.3) is 11.0 Å². The van der Waals surface area contributed by atoms with Crippen LogP contribution >= 0.6 is 0 Å². The van der Waals surface area contributed by atoms with Crippen LogP contribution in [0.5, 0.6) is 0 Å². The van der Waals surface area contributed by atoms with Gasteiger partial charge in [-0.2, -0.15) is 4.98 Å². The van der Waals surface area contributed by atoms with Gasteiger partial charge in [0.25, 0.3) is 5.91 Å². The van der Waals surface area contributed by atoms with E-state index >= 15 is 0 Å². The van der Waals surface area contributed by atoms with E-state index in [1.54, 1.807) is 4.90 Å². The zero-order valence-corrected chi connectivity index (χ0v) is 17.7. The summed E-state index contributed by atoms with van der Waals surface area (Å²) in [5, 5.41) is 4.50. The Bertz CT molecular complexity index is 859. The molecule has 6 heteroatoms. The van der Waals surface area contributed by atoms with Gasteiger partial charge < -0.3 is 14.8 Å². The number of anilines is 1. The summed E-state index contributed by atoms with van der Waals surface area (Å²) >= 11 is 0. The molecule has 2 heterocycles. The molecule has 6 nitrogen and oxygen atoms in total. The molecule has 0 unspecified atom stereocenters. The van der Waals surface area contributed by atoms with Crippen molar-refractivity contribution in [1.29, 1.82) is 0 Å². The highest BCUT2D eigenvalue weighted by molar-refractivity contribution is 5.98. The van der Waals surface area contributed by atoms with Crippen molar-refractivity contribution in [3.8, 4) is 0 Å². The number of hydrogen-bond donors (Lipinski definition) is 1. The number of carbonyl (C=O) groups is 1.